The van der Waals surface area contributed by atoms with Gasteiger partial charge in [-0.15, -0.1) is 0 Å². The number of halogens is 2. The average Bonchev–Trinajstić information content (AvgIpc) is 2.33. The van der Waals surface area contributed by atoms with Crippen LogP contribution >= 0.6 is 23.2 Å². The minimum atomic E-state index is -0.723. The molecule has 6 heteroatoms. The monoisotopic (exact) mass is 317 g/mol. The van der Waals surface area contributed by atoms with Crippen molar-refractivity contribution in [1.29, 1.82) is 0 Å². The third-order valence-electron chi connectivity index (χ3n) is 3.64. The number of benzene rings is 1. The first-order valence-electron chi connectivity index (χ1n) is 6.50. The van der Waals surface area contributed by atoms with E-state index in [0.717, 1.165) is 19.6 Å². The molecule has 110 valence electrons. The van der Waals surface area contributed by atoms with Gasteiger partial charge >= 0.3 is 5.97 Å². The first-order valence-corrected chi connectivity index (χ1v) is 7.26. The number of rotatable bonds is 6. The number of likely N-dealkylation sites (tertiary alicyclic amines) is 1. The molecule has 2 rings (SSSR count). The van der Waals surface area contributed by atoms with E-state index in [1.54, 1.807) is 25.1 Å². The van der Waals surface area contributed by atoms with Gasteiger partial charge in [0.15, 0.2) is 0 Å². The fourth-order valence-corrected chi connectivity index (χ4v) is 2.65. The normalized spacial score (nSPS) is 17.6. The van der Waals surface area contributed by atoms with E-state index < -0.39 is 5.97 Å². The molecule has 1 atom stereocenters. The Hall–Kier alpha value is -0.970. The quantitative estimate of drug-likeness (QED) is 0.876. The van der Waals surface area contributed by atoms with Crippen LogP contribution in [0.3, 0.4) is 0 Å². The van der Waals surface area contributed by atoms with Crippen LogP contribution in [-0.2, 0) is 4.79 Å². The number of carboxylic acid groups (broad SMARTS) is 1. The molecule has 0 saturated carbocycles. The number of nitrogens with zero attached hydrogens (tertiary/aromatic N) is 1. The smallest absolute Gasteiger partial charge is 0.306 e. The van der Waals surface area contributed by atoms with Gasteiger partial charge in [-0.1, -0.05) is 30.1 Å². The molecule has 1 saturated heterocycles. The molecule has 1 heterocycles. The van der Waals surface area contributed by atoms with Crippen molar-refractivity contribution in [3.63, 3.8) is 0 Å². The lowest BCUT2D eigenvalue weighted by molar-refractivity contribution is -0.145. The van der Waals surface area contributed by atoms with Crippen LogP contribution in [0.5, 0.6) is 5.75 Å². The van der Waals surface area contributed by atoms with E-state index in [0.29, 0.717) is 22.4 Å². The molecule has 1 aromatic rings. The SMILES string of the molecule is CC(C(=O)O)C1CN(CCOc2ccc(Cl)cc2Cl)C1. The van der Waals surface area contributed by atoms with Crippen LogP contribution in [-0.4, -0.2) is 42.2 Å². The van der Waals surface area contributed by atoms with E-state index >= 15 is 0 Å². The van der Waals surface area contributed by atoms with Gasteiger partial charge in [0.05, 0.1) is 10.9 Å². The molecule has 1 fully saturated rings. The molecule has 1 N–H and O–H groups in total. The molecule has 0 spiro atoms. The lowest BCUT2D eigenvalue weighted by Gasteiger charge is -2.41. The van der Waals surface area contributed by atoms with Crippen molar-refractivity contribution < 1.29 is 14.6 Å². The second-order valence-electron chi connectivity index (χ2n) is 5.07. The second-order valence-corrected chi connectivity index (χ2v) is 5.91. The summed E-state index contributed by atoms with van der Waals surface area (Å²) in [6.45, 7) is 4.67. The van der Waals surface area contributed by atoms with Gasteiger partial charge in [-0.25, -0.2) is 0 Å². The fraction of sp³-hybridized carbons (Fsp3) is 0.500. The van der Waals surface area contributed by atoms with Crippen LogP contribution in [0.15, 0.2) is 18.2 Å². The molecule has 1 aliphatic heterocycles. The van der Waals surface area contributed by atoms with E-state index in [9.17, 15) is 4.79 Å². The number of hydrogen-bond acceptors (Lipinski definition) is 3. The summed E-state index contributed by atoms with van der Waals surface area (Å²) >= 11 is 11.8. The van der Waals surface area contributed by atoms with Gasteiger partial charge in [-0.2, -0.15) is 0 Å². The highest BCUT2D eigenvalue weighted by Gasteiger charge is 2.34. The number of ether oxygens (including phenoxy) is 1. The molecule has 1 aromatic carbocycles. The van der Waals surface area contributed by atoms with Crippen molar-refractivity contribution in [2.24, 2.45) is 11.8 Å². The molecule has 0 radical (unpaired) electrons. The van der Waals surface area contributed by atoms with E-state index in [-0.39, 0.29) is 11.8 Å². The summed E-state index contributed by atoms with van der Waals surface area (Å²) in [5, 5.41) is 9.99. The van der Waals surface area contributed by atoms with Crippen LogP contribution in [0.25, 0.3) is 0 Å². The summed E-state index contributed by atoms with van der Waals surface area (Å²) in [6.07, 6.45) is 0. The number of hydrogen-bond donors (Lipinski definition) is 1. The zero-order valence-corrected chi connectivity index (χ0v) is 12.7. The van der Waals surface area contributed by atoms with Crippen molar-refractivity contribution in [2.45, 2.75) is 6.92 Å². The third-order valence-corrected chi connectivity index (χ3v) is 4.17. The molecule has 0 amide bonds. The Bertz CT molecular complexity index is 489. The average molecular weight is 318 g/mol. The predicted molar refractivity (Wildman–Crippen MR) is 78.7 cm³/mol. The highest BCUT2D eigenvalue weighted by molar-refractivity contribution is 6.35. The summed E-state index contributed by atoms with van der Waals surface area (Å²) < 4.78 is 5.59. The van der Waals surface area contributed by atoms with Gasteiger partial charge < -0.3 is 9.84 Å². The molecule has 20 heavy (non-hydrogen) atoms. The van der Waals surface area contributed by atoms with Crippen molar-refractivity contribution >= 4 is 29.2 Å². The van der Waals surface area contributed by atoms with E-state index in [1.165, 1.54) is 0 Å². The number of carboxylic acids is 1. The Morgan fingerprint density at radius 2 is 2.20 bits per heavy atom. The van der Waals surface area contributed by atoms with E-state index in [2.05, 4.69) is 4.90 Å². The van der Waals surface area contributed by atoms with Gasteiger partial charge in [0.25, 0.3) is 0 Å². The zero-order valence-electron chi connectivity index (χ0n) is 11.2. The van der Waals surface area contributed by atoms with Crippen molar-refractivity contribution in [1.82, 2.24) is 4.90 Å². The summed E-state index contributed by atoms with van der Waals surface area (Å²) in [7, 11) is 0. The molecule has 4 nitrogen and oxygen atoms in total. The Morgan fingerprint density at radius 1 is 1.50 bits per heavy atom. The minimum Gasteiger partial charge on any atom is -0.491 e. The van der Waals surface area contributed by atoms with Crippen LogP contribution in [0.1, 0.15) is 6.92 Å². The van der Waals surface area contributed by atoms with Gasteiger partial charge in [-0.3, -0.25) is 9.69 Å². The summed E-state index contributed by atoms with van der Waals surface area (Å²) in [5.74, 6) is -0.143. The van der Waals surface area contributed by atoms with Gasteiger partial charge in [0, 0.05) is 24.7 Å². The maximum absolute atomic E-state index is 10.8. The van der Waals surface area contributed by atoms with E-state index in [1.807, 2.05) is 0 Å². The first-order chi connectivity index (χ1) is 9.47. The minimum absolute atomic E-state index is 0.242. The van der Waals surface area contributed by atoms with Crippen LogP contribution in [0.2, 0.25) is 10.0 Å². The van der Waals surface area contributed by atoms with Crippen molar-refractivity contribution in [3.05, 3.63) is 28.2 Å². The van der Waals surface area contributed by atoms with Crippen LogP contribution < -0.4 is 4.74 Å². The summed E-state index contributed by atoms with van der Waals surface area (Å²) in [4.78, 5) is 13.0. The molecular formula is C14H17Cl2NO3. The fourth-order valence-electron chi connectivity index (χ4n) is 2.19. The highest BCUT2D eigenvalue weighted by Crippen LogP contribution is 2.28. The third kappa shape index (κ3) is 3.78. The molecule has 1 aliphatic rings. The molecule has 0 bridgehead atoms. The molecule has 0 aromatic heterocycles. The highest BCUT2D eigenvalue weighted by atomic mass is 35.5. The molecule has 0 aliphatic carbocycles. The molecule has 1 unspecified atom stereocenters. The van der Waals surface area contributed by atoms with Gasteiger partial charge in [-0.05, 0) is 24.1 Å². The predicted octanol–water partition coefficient (Wildman–Crippen LogP) is 3.02. The largest absolute Gasteiger partial charge is 0.491 e. The standard InChI is InChI=1S/C14H17Cl2NO3/c1-9(14(18)19)10-7-17(8-10)4-5-20-13-3-2-11(15)6-12(13)16/h2-3,6,9-10H,4-5,7-8H2,1H3,(H,18,19). The summed E-state index contributed by atoms with van der Waals surface area (Å²) in [5.41, 5.74) is 0. The topological polar surface area (TPSA) is 49.8 Å². The zero-order chi connectivity index (χ0) is 14.7. The Morgan fingerprint density at radius 3 is 2.80 bits per heavy atom. The first kappa shape index (κ1) is 15.4. The Labute approximate surface area is 128 Å². The van der Waals surface area contributed by atoms with Crippen molar-refractivity contribution in [3.8, 4) is 5.75 Å². The van der Waals surface area contributed by atoms with Gasteiger partial charge in [0.1, 0.15) is 12.4 Å². The maximum atomic E-state index is 10.8. The van der Waals surface area contributed by atoms with Crippen molar-refractivity contribution in [2.75, 3.05) is 26.2 Å². The number of carbonyl (C=O) groups is 1. The number of aliphatic carboxylic acids is 1. The second kappa shape index (κ2) is 6.66. The molecular weight excluding hydrogens is 301 g/mol. The maximum Gasteiger partial charge on any atom is 0.306 e. The Balaban J connectivity index is 1.69. The lowest BCUT2D eigenvalue weighted by Crippen LogP contribution is -2.52. The lowest BCUT2D eigenvalue weighted by atomic mass is 9.87. The van der Waals surface area contributed by atoms with Crippen LogP contribution in [0.4, 0.5) is 0 Å². The van der Waals surface area contributed by atoms with E-state index in [4.69, 9.17) is 33.0 Å². The Kier molecular flexibility index (Phi) is 5.13. The van der Waals surface area contributed by atoms with Gasteiger partial charge in [0.2, 0.25) is 0 Å². The summed E-state index contributed by atoms with van der Waals surface area (Å²) in [6, 6.07) is 5.12. The van der Waals surface area contributed by atoms with Crippen LogP contribution in [0, 0.1) is 11.8 Å².